The Morgan fingerprint density at radius 3 is 2.28 bits per heavy atom. The molecule has 0 spiro atoms. The highest BCUT2D eigenvalue weighted by molar-refractivity contribution is 5.89. The highest BCUT2D eigenvalue weighted by Gasteiger charge is 2.28. The molecule has 0 radical (unpaired) electrons. The predicted molar refractivity (Wildman–Crippen MR) is 89.9 cm³/mol. The van der Waals surface area contributed by atoms with E-state index in [4.69, 9.17) is 4.74 Å². The summed E-state index contributed by atoms with van der Waals surface area (Å²) in [4.78, 5) is 36.1. The molecule has 1 heterocycles. The van der Waals surface area contributed by atoms with Gasteiger partial charge in [0.25, 0.3) is 5.91 Å². The second kappa shape index (κ2) is 9.17. The van der Waals surface area contributed by atoms with Crippen molar-refractivity contribution in [1.29, 1.82) is 0 Å². The summed E-state index contributed by atoms with van der Waals surface area (Å²) in [5.41, 5.74) is 1.40. The Kier molecular flexibility index (Phi) is 6.94. The molecular formula is C18H25N2O5+. The van der Waals surface area contributed by atoms with Crippen LogP contribution in [0.5, 0.6) is 0 Å². The molecule has 1 aromatic rings. The van der Waals surface area contributed by atoms with E-state index in [1.165, 1.54) is 19.1 Å². The van der Waals surface area contributed by atoms with Crippen LogP contribution < -0.4 is 10.2 Å². The van der Waals surface area contributed by atoms with Crippen molar-refractivity contribution in [1.82, 2.24) is 5.32 Å². The lowest BCUT2D eigenvalue weighted by Gasteiger charge is -2.27. The third-order valence-electron chi connectivity index (χ3n) is 4.50. The van der Waals surface area contributed by atoms with E-state index >= 15 is 0 Å². The number of quaternary nitrogens is 1. The summed E-state index contributed by atoms with van der Waals surface area (Å²) in [6, 6.07) is 6.94. The number of benzene rings is 1. The van der Waals surface area contributed by atoms with Gasteiger partial charge in [0.05, 0.1) is 38.8 Å². The van der Waals surface area contributed by atoms with Gasteiger partial charge in [-0.1, -0.05) is 12.1 Å². The van der Waals surface area contributed by atoms with E-state index in [9.17, 15) is 14.4 Å². The smallest absolute Gasteiger partial charge is 0.337 e. The molecule has 0 aliphatic carbocycles. The second-order valence-corrected chi connectivity index (χ2v) is 6.19. The zero-order chi connectivity index (χ0) is 18.2. The molecule has 1 aliphatic rings. The fourth-order valence-corrected chi connectivity index (χ4v) is 2.97. The van der Waals surface area contributed by atoms with Crippen LogP contribution in [0, 0.1) is 5.92 Å². The van der Waals surface area contributed by atoms with Gasteiger partial charge in [-0.05, 0) is 17.7 Å². The summed E-state index contributed by atoms with van der Waals surface area (Å²) >= 11 is 0. The zero-order valence-corrected chi connectivity index (χ0v) is 14.7. The Morgan fingerprint density at radius 1 is 1.08 bits per heavy atom. The van der Waals surface area contributed by atoms with Crippen LogP contribution in [0.1, 0.15) is 28.8 Å². The van der Waals surface area contributed by atoms with E-state index in [0.29, 0.717) is 18.7 Å². The van der Waals surface area contributed by atoms with Gasteiger partial charge in [-0.25, -0.2) is 4.79 Å². The normalized spacial score (nSPS) is 19.8. The number of methoxy groups -OCH3 is 2. The molecule has 2 rings (SSSR count). The van der Waals surface area contributed by atoms with Crippen molar-refractivity contribution in [2.75, 3.05) is 33.9 Å². The van der Waals surface area contributed by atoms with E-state index in [2.05, 4.69) is 10.1 Å². The Hall–Kier alpha value is -2.41. The molecule has 1 saturated heterocycles. The maximum atomic E-state index is 12.1. The Balaban J connectivity index is 1.72. The molecule has 1 aromatic carbocycles. The standard InChI is InChI=1S/C18H24N2O5/c1-24-17(22)14-5-3-13(4-6-14)11-19-16(21)12-20-9-7-15(8-10-20)18(23)25-2/h3-6,15H,7-12H2,1-2H3,(H,19,21)/p+1. The molecule has 1 aliphatic heterocycles. The van der Waals surface area contributed by atoms with E-state index < -0.39 is 0 Å². The molecule has 2 N–H and O–H groups in total. The zero-order valence-electron chi connectivity index (χ0n) is 14.7. The third-order valence-corrected chi connectivity index (χ3v) is 4.50. The number of nitrogens with one attached hydrogen (secondary N) is 2. The number of hydrogen-bond donors (Lipinski definition) is 2. The van der Waals surface area contributed by atoms with Crippen molar-refractivity contribution in [2.24, 2.45) is 5.92 Å². The van der Waals surface area contributed by atoms with Crippen LogP contribution in [-0.2, 0) is 25.6 Å². The number of piperidine rings is 1. The maximum absolute atomic E-state index is 12.1. The second-order valence-electron chi connectivity index (χ2n) is 6.19. The van der Waals surface area contributed by atoms with Crippen LogP contribution in [0.25, 0.3) is 0 Å². The molecule has 136 valence electrons. The first kappa shape index (κ1) is 18.9. The van der Waals surface area contributed by atoms with Crippen molar-refractivity contribution >= 4 is 17.8 Å². The minimum Gasteiger partial charge on any atom is -0.469 e. The lowest BCUT2D eigenvalue weighted by Crippen LogP contribution is -3.14. The summed E-state index contributed by atoms with van der Waals surface area (Å²) in [5.74, 6) is -0.595. The van der Waals surface area contributed by atoms with Crippen LogP contribution in [0.4, 0.5) is 0 Å². The number of esters is 2. The number of likely N-dealkylation sites (tertiary alicyclic amines) is 1. The first-order chi connectivity index (χ1) is 12.0. The number of rotatable bonds is 6. The van der Waals surface area contributed by atoms with Crippen LogP contribution in [0.3, 0.4) is 0 Å². The van der Waals surface area contributed by atoms with Gasteiger partial charge in [0.15, 0.2) is 6.54 Å². The van der Waals surface area contributed by atoms with Crippen LogP contribution in [0.15, 0.2) is 24.3 Å². The molecule has 0 unspecified atom stereocenters. The predicted octanol–water partition coefficient (Wildman–Crippen LogP) is -0.443. The van der Waals surface area contributed by atoms with Gasteiger partial charge >= 0.3 is 11.9 Å². The lowest BCUT2D eigenvalue weighted by molar-refractivity contribution is -0.897. The number of carbonyl (C=O) groups excluding carboxylic acids is 3. The molecule has 1 fully saturated rings. The van der Waals surface area contributed by atoms with Crippen molar-refractivity contribution in [3.8, 4) is 0 Å². The molecule has 0 aromatic heterocycles. The van der Waals surface area contributed by atoms with Gasteiger partial charge in [-0.2, -0.15) is 0 Å². The monoisotopic (exact) mass is 349 g/mol. The van der Waals surface area contributed by atoms with Gasteiger partial charge in [0.2, 0.25) is 0 Å². The number of amides is 1. The van der Waals surface area contributed by atoms with Crippen molar-refractivity contribution < 1.29 is 28.8 Å². The Bertz CT molecular complexity index is 606. The van der Waals surface area contributed by atoms with Gasteiger partial charge < -0.3 is 19.7 Å². The van der Waals surface area contributed by atoms with E-state index in [-0.39, 0.29) is 23.8 Å². The van der Waals surface area contributed by atoms with Gasteiger partial charge in [0, 0.05) is 19.4 Å². The SMILES string of the molecule is COC(=O)c1ccc(CNC(=O)C[NH+]2CCC(C(=O)OC)CC2)cc1. The van der Waals surface area contributed by atoms with Gasteiger partial charge in [-0.15, -0.1) is 0 Å². The minimum atomic E-state index is -0.380. The quantitative estimate of drug-likeness (QED) is 0.680. The molecular weight excluding hydrogens is 324 g/mol. The molecule has 25 heavy (non-hydrogen) atoms. The van der Waals surface area contributed by atoms with E-state index in [0.717, 1.165) is 31.5 Å². The van der Waals surface area contributed by atoms with E-state index in [1.54, 1.807) is 24.3 Å². The largest absolute Gasteiger partial charge is 0.469 e. The Labute approximate surface area is 147 Å². The highest BCUT2D eigenvalue weighted by Crippen LogP contribution is 2.10. The first-order valence-corrected chi connectivity index (χ1v) is 8.38. The summed E-state index contributed by atoms with van der Waals surface area (Å²) in [6.45, 7) is 2.40. The number of hydrogen-bond acceptors (Lipinski definition) is 5. The average molecular weight is 349 g/mol. The summed E-state index contributed by atoms with van der Waals surface area (Å²) < 4.78 is 9.42. The fourth-order valence-electron chi connectivity index (χ4n) is 2.97. The minimum absolute atomic E-state index is 0.0245. The fraction of sp³-hybridized carbons (Fsp3) is 0.500. The summed E-state index contributed by atoms with van der Waals surface area (Å²) in [6.07, 6.45) is 1.51. The molecule has 0 saturated carbocycles. The summed E-state index contributed by atoms with van der Waals surface area (Å²) in [7, 11) is 2.75. The van der Waals surface area contributed by atoms with Crippen LogP contribution in [-0.4, -0.2) is 51.7 Å². The van der Waals surface area contributed by atoms with Crippen molar-refractivity contribution in [2.45, 2.75) is 19.4 Å². The Morgan fingerprint density at radius 2 is 1.72 bits per heavy atom. The topological polar surface area (TPSA) is 86.1 Å². The highest BCUT2D eigenvalue weighted by atomic mass is 16.5. The van der Waals surface area contributed by atoms with Crippen molar-refractivity contribution in [3.63, 3.8) is 0 Å². The maximum Gasteiger partial charge on any atom is 0.337 e. The molecule has 1 amide bonds. The number of carbonyl (C=O) groups is 3. The molecule has 7 nitrogen and oxygen atoms in total. The average Bonchev–Trinajstić information content (AvgIpc) is 2.66. The first-order valence-electron chi connectivity index (χ1n) is 8.38. The molecule has 7 heteroatoms. The summed E-state index contributed by atoms with van der Waals surface area (Å²) in [5, 5.41) is 2.89. The van der Waals surface area contributed by atoms with Crippen LogP contribution >= 0.6 is 0 Å². The van der Waals surface area contributed by atoms with Gasteiger partial charge in [0.1, 0.15) is 0 Å². The van der Waals surface area contributed by atoms with Crippen LogP contribution in [0.2, 0.25) is 0 Å². The number of ether oxygens (including phenoxy) is 2. The molecule has 0 atom stereocenters. The van der Waals surface area contributed by atoms with Gasteiger partial charge in [-0.3, -0.25) is 9.59 Å². The van der Waals surface area contributed by atoms with Crippen molar-refractivity contribution in [3.05, 3.63) is 35.4 Å². The molecule has 0 bridgehead atoms. The van der Waals surface area contributed by atoms with E-state index in [1.807, 2.05) is 0 Å². The third kappa shape index (κ3) is 5.56. The lowest BCUT2D eigenvalue weighted by atomic mass is 9.97.